The number of rotatable bonds is 3. The number of benzene rings is 1. The topological polar surface area (TPSA) is 127 Å². The third-order valence-electron chi connectivity index (χ3n) is 3.84. The zero-order valence-corrected chi connectivity index (χ0v) is 14.0. The number of aliphatic carboxylic acids is 1. The van der Waals surface area contributed by atoms with Crippen LogP contribution in [-0.2, 0) is 9.59 Å². The molecule has 0 aliphatic carbocycles. The van der Waals surface area contributed by atoms with E-state index >= 15 is 0 Å². The highest BCUT2D eigenvalue weighted by atomic mass is 16.5. The molecule has 4 rings (SSSR count). The summed E-state index contributed by atoms with van der Waals surface area (Å²) < 4.78 is 6.66. The Bertz CT molecular complexity index is 1130. The number of nitrogens with zero attached hydrogens (tertiary/aromatic N) is 6. The highest BCUT2D eigenvalue weighted by Gasteiger charge is 2.23. The van der Waals surface area contributed by atoms with Crippen LogP contribution >= 0.6 is 0 Å². The Kier molecular flexibility index (Phi) is 3.84. The van der Waals surface area contributed by atoms with E-state index in [0.717, 1.165) is 16.2 Å². The van der Waals surface area contributed by atoms with E-state index in [1.807, 2.05) is 24.3 Å². The number of carbonyl (C=O) groups is 2. The minimum atomic E-state index is -1.61. The zero-order chi connectivity index (χ0) is 19.0. The monoisotopic (exact) mass is 364 g/mol. The lowest BCUT2D eigenvalue weighted by Crippen LogP contribution is -2.33. The lowest BCUT2D eigenvalue weighted by atomic mass is 10.1. The van der Waals surface area contributed by atoms with Gasteiger partial charge >= 0.3 is 17.9 Å². The van der Waals surface area contributed by atoms with Crippen molar-refractivity contribution in [2.45, 2.75) is 0 Å². The van der Waals surface area contributed by atoms with Gasteiger partial charge in [0.2, 0.25) is 5.82 Å². The smallest absolute Gasteiger partial charge is 0.395 e. The van der Waals surface area contributed by atoms with Gasteiger partial charge in [0.15, 0.2) is 5.65 Å². The summed E-state index contributed by atoms with van der Waals surface area (Å²) in [6, 6.07) is 10.7. The largest absolute Gasteiger partial charge is 0.474 e. The Morgan fingerprint density at radius 2 is 1.96 bits per heavy atom. The predicted octanol–water partition coefficient (Wildman–Crippen LogP) is 1.49. The first kappa shape index (κ1) is 16.4. The van der Waals surface area contributed by atoms with Crippen LogP contribution in [0.2, 0.25) is 0 Å². The van der Waals surface area contributed by atoms with Crippen molar-refractivity contribution in [3.63, 3.8) is 0 Å². The van der Waals surface area contributed by atoms with E-state index in [4.69, 9.17) is 9.63 Å². The van der Waals surface area contributed by atoms with Gasteiger partial charge in [-0.05, 0) is 18.2 Å². The molecule has 0 saturated heterocycles. The quantitative estimate of drug-likeness (QED) is 0.542. The third-order valence-corrected chi connectivity index (χ3v) is 3.84. The Balaban J connectivity index is 1.67. The summed E-state index contributed by atoms with van der Waals surface area (Å²) in [5, 5.41) is 16.8. The fourth-order valence-corrected chi connectivity index (χ4v) is 2.49. The summed E-state index contributed by atoms with van der Waals surface area (Å²) in [5.41, 5.74) is 2.88. The van der Waals surface area contributed by atoms with Crippen LogP contribution in [0.1, 0.15) is 0 Å². The molecule has 10 nitrogen and oxygen atoms in total. The number of imidazole rings is 1. The average Bonchev–Trinajstić information content (AvgIpc) is 3.34. The van der Waals surface area contributed by atoms with Crippen LogP contribution in [0.3, 0.4) is 0 Å². The molecule has 4 aromatic rings. The van der Waals surface area contributed by atoms with Gasteiger partial charge in [-0.25, -0.2) is 14.3 Å². The van der Waals surface area contributed by atoms with Crippen molar-refractivity contribution in [3.8, 4) is 22.6 Å². The predicted molar refractivity (Wildman–Crippen MR) is 92.8 cm³/mol. The number of amides is 1. The molecule has 134 valence electrons. The second-order valence-electron chi connectivity index (χ2n) is 5.60. The van der Waals surface area contributed by atoms with Crippen LogP contribution < -0.4 is 4.90 Å². The highest BCUT2D eigenvalue weighted by Crippen LogP contribution is 2.25. The molecule has 0 spiro atoms. The van der Waals surface area contributed by atoms with E-state index in [0.29, 0.717) is 11.2 Å². The van der Waals surface area contributed by atoms with E-state index in [1.165, 1.54) is 7.05 Å². The van der Waals surface area contributed by atoms with Crippen LogP contribution in [0.5, 0.6) is 0 Å². The Morgan fingerprint density at radius 1 is 1.15 bits per heavy atom. The van der Waals surface area contributed by atoms with E-state index in [-0.39, 0.29) is 11.8 Å². The number of likely N-dealkylation sites (N-methyl/N-ethyl adjacent to an activating group) is 1. The first-order chi connectivity index (χ1) is 13.0. The third kappa shape index (κ3) is 2.99. The molecule has 0 atom stereocenters. The molecule has 10 heteroatoms. The summed E-state index contributed by atoms with van der Waals surface area (Å²) in [4.78, 5) is 31.6. The number of anilines is 1. The van der Waals surface area contributed by atoms with Crippen LogP contribution in [0.4, 0.5) is 6.01 Å². The highest BCUT2D eigenvalue weighted by molar-refractivity contribution is 6.36. The summed E-state index contributed by atoms with van der Waals surface area (Å²) in [6.45, 7) is 0. The second-order valence-corrected chi connectivity index (χ2v) is 5.60. The zero-order valence-electron chi connectivity index (χ0n) is 14.0. The number of aromatic nitrogens is 5. The Labute approximate surface area is 151 Å². The molecule has 1 amide bonds. The van der Waals surface area contributed by atoms with Gasteiger partial charge in [0.25, 0.3) is 0 Å². The number of carboxylic acids is 1. The van der Waals surface area contributed by atoms with Crippen LogP contribution in [-0.4, -0.2) is 48.8 Å². The Morgan fingerprint density at radius 3 is 2.74 bits per heavy atom. The van der Waals surface area contributed by atoms with Crippen molar-refractivity contribution < 1.29 is 19.2 Å². The standard InChI is InChI=1S/C17H12N6O4/c1-22(15(24)16(25)26)17-20-14(21-27-17)11-5-2-4-10(8-11)12-9-23-13(19-12)6-3-7-18-23/h2-9H,1H3,(H,25,26). The van der Waals surface area contributed by atoms with Gasteiger partial charge < -0.3 is 9.63 Å². The number of hydrogen-bond donors (Lipinski definition) is 1. The lowest BCUT2D eigenvalue weighted by Gasteiger charge is -2.06. The summed E-state index contributed by atoms with van der Waals surface area (Å²) in [7, 11) is 1.24. The SMILES string of the molecule is CN(C(=O)C(=O)O)c1nc(-c2cccc(-c3cn4ncccc4n3)c2)no1. The lowest BCUT2D eigenvalue weighted by molar-refractivity contribution is -0.148. The average molecular weight is 364 g/mol. The van der Waals surface area contributed by atoms with Crippen molar-refractivity contribution in [2.75, 3.05) is 11.9 Å². The molecule has 27 heavy (non-hydrogen) atoms. The summed E-state index contributed by atoms with van der Waals surface area (Å²) in [6.07, 6.45) is 3.47. The molecule has 0 unspecified atom stereocenters. The molecule has 1 N–H and O–H groups in total. The molecule has 0 radical (unpaired) electrons. The van der Waals surface area contributed by atoms with Crippen LogP contribution in [0, 0.1) is 0 Å². The summed E-state index contributed by atoms with van der Waals surface area (Å²) in [5.74, 6) is -2.56. The maximum atomic E-state index is 11.5. The molecular formula is C17H12N6O4. The van der Waals surface area contributed by atoms with Crippen molar-refractivity contribution in [3.05, 3.63) is 48.8 Å². The fourth-order valence-electron chi connectivity index (χ4n) is 2.49. The molecular weight excluding hydrogens is 352 g/mol. The van der Waals surface area contributed by atoms with Crippen molar-refractivity contribution in [1.82, 2.24) is 24.7 Å². The molecule has 0 bridgehead atoms. The normalized spacial score (nSPS) is 10.9. The number of hydrogen-bond acceptors (Lipinski definition) is 7. The second kappa shape index (κ2) is 6.33. The summed E-state index contributed by atoms with van der Waals surface area (Å²) >= 11 is 0. The van der Waals surface area contributed by atoms with Gasteiger partial charge in [-0.3, -0.25) is 9.69 Å². The van der Waals surface area contributed by atoms with Gasteiger partial charge in [-0.1, -0.05) is 23.4 Å². The first-order valence-electron chi connectivity index (χ1n) is 7.79. The number of carbonyl (C=O) groups excluding carboxylic acids is 1. The van der Waals surface area contributed by atoms with Gasteiger partial charge in [0.1, 0.15) is 0 Å². The van der Waals surface area contributed by atoms with Crippen LogP contribution in [0.15, 0.2) is 53.3 Å². The van der Waals surface area contributed by atoms with Gasteiger partial charge in [0, 0.05) is 24.4 Å². The molecule has 0 saturated carbocycles. The molecule has 0 aliphatic rings. The molecule has 0 fully saturated rings. The fraction of sp³-hybridized carbons (Fsp3) is 0.0588. The van der Waals surface area contributed by atoms with Crippen molar-refractivity contribution >= 4 is 23.5 Å². The van der Waals surface area contributed by atoms with E-state index in [2.05, 4.69) is 20.2 Å². The minimum absolute atomic E-state index is 0.209. The molecule has 1 aromatic carbocycles. The van der Waals surface area contributed by atoms with Crippen LogP contribution in [0.25, 0.3) is 28.3 Å². The Hall–Kier alpha value is -4.08. The van der Waals surface area contributed by atoms with E-state index in [9.17, 15) is 9.59 Å². The minimum Gasteiger partial charge on any atom is -0.474 e. The van der Waals surface area contributed by atoms with E-state index in [1.54, 1.807) is 29.0 Å². The van der Waals surface area contributed by atoms with Gasteiger partial charge in [-0.2, -0.15) is 10.1 Å². The molecule has 3 heterocycles. The molecule has 3 aromatic heterocycles. The van der Waals surface area contributed by atoms with Crippen molar-refractivity contribution in [2.24, 2.45) is 0 Å². The van der Waals surface area contributed by atoms with Crippen molar-refractivity contribution in [1.29, 1.82) is 0 Å². The number of carboxylic acid groups (broad SMARTS) is 1. The van der Waals surface area contributed by atoms with Gasteiger partial charge in [0.05, 0.1) is 11.9 Å². The maximum Gasteiger partial charge on any atom is 0.395 e. The van der Waals surface area contributed by atoms with Gasteiger partial charge in [-0.15, -0.1) is 0 Å². The first-order valence-corrected chi connectivity index (χ1v) is 7.79. The maximum absolute atomic E-state index is 11.5. The van der Waals surface area contributed by atoms with E-state index < -0.39 is 11.9 Å². The number of fused-ring (bicyclic) bond motifs is 1. The molecule has 0 aliphatic heterocycles.